The van der Waals surface area contributed by atoms with Gasteiger partial charge >= 0.3 is 5.97 Å². The minimum Gasteiger partial charge on any atom is -0.329 e. The number of rotatable bonds is 2. The van der Waals surface area contributed by atoms with Crippen LogP contribution in [0.4, 0.5) is 0 Å². The van der Waals surface area contributed by atoms with Gasteiger partial charge in [0.15, 0.2) is 0 Å². The predicted octanol–water partition coefficient (Wildman–Crippen LogP) is 1.90. The average molecular weight is 275 g/mol. The van der Waals surface area contributed by atoms with Crippen LogP contribution < -0.4 is 0 Å². The molecular formula is C15H17NO4. The lowest BCUT2D eigenvalue weighted by Crippen LogP contribution is -2.37. The Hall–Kier alpha value is -1.91. The second-order valence-electron chi connectivity index (χ2n) is 5.66. The Morgan fingerprint density at radius 2 is 2.10 bits per heavy atom. The first-order valence-corrected chi connectivity index (χ1v) is 7.10. The zero-order valence-corrected chi connectivity index (χ0v) is 11.4. The van der Waals surface area contributed by atoms with E-state index in [2.05, 4.69) is 0 Å². The highest BCUT2D eigenvalue weighted by Gasteiger charge is 2.42. The molecule has 5 heteroatoms. The van der Waals surface area contributed by atoms with E-state index in [1.54, 1.807) is 6.08 Å². The molecule has 2 atom stereocenters. The second kappa shape index (κ2) is 4.89. The summed E-state index contributed by atoms with van der Waals surface area (Å²) in [5.74, 6) is -1.41. The van der Waals surface area contributed by atoms with Crippen LogP contribution in [0.1, 0.15) is 39.0 Å². The number of hydroxylamine groups is 2. The lowest BCUT2D eigenvalue weighted by Gasteiger charge is -2.18. The van der Waals surface area contributed by atoms with Gasteiger partial charge in [-0.15, -0.1) is 0 Å². The van der Waals surface area contributed by atoms with Crippen molar-refractivity contribution in [2.75, 3.05) is 0 Å². The van der Waals surface area contributed by atoms with Crippen LogP contribution in [0, 0.1) is 11.8 Å². The summed E-state index contributed by atoms with van der Waals surface area (Å²) >= 11 is 0. The van der Waals surface area contributed by atoms with E-state index in [4.69, 9.17) is 4.84 Å². The summed E-state index contributed by atoms with van der Waals surface area (Å²) in [5.41, 5.74) is 0.832. The summed E-state index contributed by atoms with van der Waals surface area (Å²) in [6, 6.07) is 0. The van der Waals surface area contributed by atoms with E-state index in [0.717, 1.165) is 25.7 Å². The monoisotopic (exact) mass is 275 g/mol. The lowest BCUT2D eigenvalue weighted by atomic mass is 9.99. The van der Waals surface area contributed by atoms with Crippen molar-refractivity contribution in [2.24, 2.45) is 11.8 Å². The molecule has 5 nitrogen and oxygen atoms in total. The van der Waals surface area contributed by atoms with Crippen molar-refractivity contribution in [3.63, 3.8) is 0 Å². The van der Waals surface area contributed by atoms with Crippen LogP contribution >= 0.6 is 0 Å². The number of allylic oxidation sites excluding steroid dienone is 1. The van der Waals surface area contributed by atoms with Crippen LogP contribution in [0.25, 0.3) is 0 Å². The summed E-state index contributed by atoms with van der Waals surface area (Å²) in [4.78, 5) is 41.4. The molecule has 2 amide bonds. The topological polar surface area (TPSA) is 63.7 Å². The Balaban J connectivity index is 1.73. The van der Waals surface area contributed by atoms with E-state index in [1.807, 2.05) is 13.0 Å². The lowest BCUT2D eigenvalue weighted by molar-refractivity contribution is -0.200. The van der Waals surface area contributed by atoms with Gasteiger partial charge in [-0.3, -0.25) is 9.59 Å². The minimum absolute atomic E-state index is 0.205. The molecule has 0 aromatic carbocycles. The summed E-state index contributed by atoms with van der Waals surface area (Å²) in [5, 5.41) is 0.647. The maximum absolute atomic E-state index is 12.1. The first-order chi connectivity index (χ1) is 9.59. The Labute approximate surface area is 117 Å². The van der Waals surface area contributed by atoms with E-state index < -0.39 is 17.8 Å². The third-order valence-electron chi connectivity index (χ3n) is 4.37. The Morgan fingerprint density at radius 1 is 1.30 bits per heavy atom. The highest BCUT2D eigenvalue weighted by Crippen LogP contribution is 2.34. The van der Waals surface area contributed by atoms with Gasteiger partial charge in [0.1, 0.15) is 0 Å². The molecule has 1 fully saturated rings. The van der Waals surface area contributed by atoms with Gasteiger partial charge in [0.2, 0.25) is 0 Å². The van der Waals surface area contributed by atoms with E-state index in [0.29, 0.717) is 22.6 Å². The van der Waals surface area contributed by atoms with Crippen molar-refractivity contribution in [3.8, 4) is 0 Å². The quantitative estimate of drug-likeness (QED) is 0.722. The first kappa shape index (κ1) is 13.1. The molecule has 2 aliphatic carbocycles. The Kier molecular flexibility index (Phi) is 3.20. The van der Waals surface area contributed by atoms with Crippen molar-refractivity contribution in [2.45, 2.75) is 39.0 Å². The predicted molar refractivity (Wildman–Crippen MR) is 69.9 cm³/mol. The number of nitrogens with zero attached hydrogens (tertiary/aromatic N) is 1. The van der Waals surface area contributed by atoms with E-state index >= 15 is 0 Å². The maximum Gasteiger partial charge on any atom is 0.336 e. The van der Waals surface area contributed by atoms with E-state index in [9.17, 15) is 14.4 Å². The summed E-state index contributed by atoms with van der Waals surface area (Å²) in [6.45, 7) is 2.00. The maximum atomic E-state index is 12.1. The van der Waals surface area contributed by atoms with Crippen molar-refractivity contribution in [3.05, 3.63) is 23.3 Å². The molecule has 0 radical (unpaired) electrons. The summed E-state index contributed by atoms with van der Waals surface area (Å²) < 4.78 is 0. The Bertz CT molecular complexity index is 546. The zero-order chi connectivity index (χ0) is 14.3. The van der Waals surface area contributed by atoms with Crippen molar-refractivity contribution in [1.29, 1.82) is 0 Å². The van der Waals surface area contributed by atoms with Crippen molar-refractivity contribution in [1.82, 2.24) is 5.06 Å². The fourth-order valence-electron chi connectivity index (χ4n) is 3.15. The van der Waals surface area contributed by atoms with Crippen LogP contribution in [0.5, 0.6) is 0 Å². The average Bonchev–Trinajstić information content (AvgIpc) is 2.97. The highest BCUT2D eigenvalue weighted by molar-refractivity contribution is 6.20. The molecule has 0 aromatic rings. The van der Waals surface area contributed by atoms with E-state index in [1.165, 1.54) is 0 Å². The van der Waals surface area contributed by atoms with Crippen LogP contribution in [-0.2, 0) is 19.2 Å². The highest BCUT2D eigenvalue weighted by atomic mass is 16.7. The molecule has 1 aliphatic heterocycles. The molecule has 20 heavy (non-hydrogen) atoms. The van der Waals surface area contributed by atoms with Crippen LogP contribution in [0.3, 0.4) is 0 Å². The van der Waals surface area contributed by atoms with Gasteiger partial charge in [-0.05, 0) is 31.6 Å². The number of carbonyl (C=O) groups excluding carboxylic acids is 3. The first-order valence-electron chi connectivity index (χ1n) is 7.10. The molecule has 0 spiro atoms. The van der Waals surface area contributed by atoms with Gasteiger partial charge in [-0.1, -0.05) is 30.6 Å². The number of carbonyl (C=O) groups is 3. The van der Waals surface area contributed by atoms with Gasteiger partial charge in [-0.25, -0.2) is 4.79 Å². The second-order valence-corrected chi connectivity index (χ2v) is 5.66. The normalized spacial score (nSPS) is 29.1. The molecular weight excluding hydrogens is 258 g/mol. The molecule has 2 unspecified atom stereocenters. The van der Waals surface area contributed by atoms with Gasteiger partial charge in [0.25, 0.3) is 11.8 Å². The third-order valence-corrected chi connectivity index (χ3v) is 4.37. The smallest absolute Gasteiger partial charge is 0.329 e. The van der Waals surface area contributed by atoms with Gasteiger partial charge < -0.3 is 4.84 Å². The van der Waals surface area contributed by atoms with Crippen LogP contribution in [-0.4, -0.2) is 22.8 Å². The molecule has 0 aromatic heterocycles. The SMILES string of the molecule is CC1CCCC1C(=O)ON1C(=O)C2=C(CCC=C2)C1=O. The standard InChI is InChI=1S/C15H17NO4/c1-9-5-4-8-10(9)15(19)20-16-13(17)11-6-2-3-7-12(11)14(16)18/h2,6,9-10H,3-5,7-8H2,1H3. The van der Waals surface area contributed by atoms with Crippen LogP contribution in [0.15, 0.2) is 23.3 Å². The number of amides is 2. The van der Waals surface area contributed by atoms with Crippen molar-refractivity contribution >= 4 is 17.8 Å². The van der Waals surface area contributed by atoms with Crippen LogP contribution in [0.2, 0.25) is 0 Å². The molecule has 3 rings (SSSR count). The fourth-order valence-corrected chi connectivity index (χ4v) is 3.15. The number of imide groups is 1. The Morgan fingerprint density at radius 3 is 2.75 bits per heavy atom. The molecule has 3 aliphatic rings. The largest absolute Gasteiger partial charge is 0.336 e. The number of hydrogen-bond acceptors (Lipinski definition) is 4. The molecule has 0 bridgehead atoms. The molecule has 106 valence electrons. The van der Waals surface area contributed by atoms with E-state index in [-0.39, 0.29) is 11.8 Å². The molecule has 1 heterocycles. The number of hydrogen-bond donors (Lipinski definition) is 0. The molecule has 0 N–H and O–H groups in total. The van der Waals surface area contributed by atoms with Gasteiger partial charge in [-0.2, -0.15) is 0 Å². The van der Waals surface area contributed by atoms with Gasteiger partial charge in [0, 0.05) is 5.57 Å². The molecule has 1 saturated carbocycles. The fraction of sp³-hybridized carbons (Fsp3) is 0.533. The molecule has 0 saturated heterocycles. The summed E-state index contributed by atoms with van der Waals surface area (Å²) in [7, 11) is 0. The van der Waals surface area contributed by atoms with Crippen molar-refractivity contribution < 1.29 is 19.2 Å². The summed E-state index contributed by atoms with van der Waals surface area (Å²) in [6.07, 6.45) is 7.51. The third kappa shape index (κ3) is 1.97. The zero-order valence-electron chi connectivity index (χ0n) is 11.4. The minimum atomic E-state index is -0.514. The van der Waals surface area contributed by atoms with Gasteiger partial charge in [0.05, 0.1) is 11.5 Å².